The van der Waals surface area contributed by atoms with Crippen molar-refractivity contribution in [1.82, 2.24) is 0 Å². The number of aliphatic hydroxyl groups is 1. The number of rotatable bonds is 2. The quantitative estimate of drug-likeness (QED) is 0.813. The van der Waals surface area contributed by atoms with E-state index in [1.165, 1.54) is 11.3 Å². The number of hydrogen-bond acceptors (Lipinski definition) is 2. The van der Waals surface area contributed by atoms with E-state index in [9.17, 15) is 13.9 Å². The van der Waals surface area contributed by atoms with Gasteiger partial charge in [0.05, 0.1) is 0 Å². The van der Waals surface area contributed by atoms with Crippen LogP contribution in [0.2, 0.25) is 0 Å². The van der Waals surface area contributed by atoms with Crippen molar-refractivity contribution < 1.29 is 13.9 Å². The van der Waals surface area contributed by atoms with Crippen molar-refractivity contribution in [1.29, 1.82) is 0 Å². The van der Waals surface area contributed by atoms with Crippen LogP contribution < -0.4 is 0 Å². The molecule has 2 rings (SSSR count). The normalized spacial score (nSPS) is 13.7. The molecule has 0 fully saturated rings. The van der Waals surface area contributed by atoms with Crippen LogP contribution in [0.4, 0.5) is 8.78 Å². The molecule has 0 amide bonds. The van der Waals surface area contributed by atoms with Crippen LogP contribution in [0.5, 0.6) is 0 Å². The molecule has 1 N–H and O–H groups in total. The van der Waals surface area contributed by atoms with Gasteiger partial charge in [0.2, 0.25) is 0 Å². The summed E-state index contributed by atoms with van der Waals surface area (Å²) in [4.78, 5) is 0. The SMILES string of the molecule is OC(c1csc2ccccc12)C(F)F. The van der Waals surface area contributed by atoms with Gasteiger partial charge in [-0.15, -0.1) is 11.3 Å². The molecule has 14 heavy (non-hydrogen) atoms. The topological polar surface area (TPSA) is 20.2 Å². The van der Waals surface area contributed by atoms with Crippen LogP contribution in [0, 0.1) is 0 Å². The molecule has 1 atom stereocenters. The van der Waals surface area contributed by atoms with Crippen molar-refractivity contribution in [2.75, 3.05) is 0 Å². The van der Waals surface area contributed by atoms with E-state index in [1.807, 2.05) is 12.1 Å². The maximum absolute atomic E-state index is 12.3. The zero-order valence-electron chi connectivity index (χ0n) is 7.15. The number of fused-ring (bicyclic) bond motifs is 1. The van der Waals surface area contributed by atoms with Crippen LogP contribution in [-0.4, -0.2) is 11.5 Å². The van der Waals surface area contributed by atoms with Gasteiger partial charge in [-0.3, -0.25) is 0 Å². The lowest BCUT2D eigenvalue weighted by Gasteiger charge is -2.07. The van der Waals surface area contributed by atoms with E-state index in [-0.39, 0.29) is 0 Å². The molecule has 2 aromatic rings. The van der Waals surface area contributed by atoms with Gasteiger partial charge in [0, 0.05) is 10.3 Å². The number of thiophene rings is 1. The maximum Gasteiger partial charge on any atom is 0.268 e. The first-order valence-corrected chi connectivity index (χ1v) is 5.00. The van der Waals surface area contributed by atoms with Gasteiger partial charge in [0.25, 0.3) is 6.43 Å². The third kappa shape index (κ3) is 1.51. The minimum Gasteiger partial charge on any atom is -0.382 e. The Morgan fingerprint density at radius 3 is 2.64 bits per heavy atom. The smallest absolute Gasteiger partial charge is 0.268 e. The average molecular weight is 214 g/mol. The number of halogens is 2. The molecular weight excluding hydrogens is 206 g/mol. The van der Waals surface area contributed by atoms with Crippen LogP contribution in [0.1, 0.15) is 11.7 Å². The molecule has 0 aliphatic rings. The van der Waals surface area contributed by atoms with Crippen LogP contribution >= 0.6 is 11.3 Å². The lowest BCUT2D eigenvalue weighted by molar-refractivity contribution is -0.00475. The lowest BCUT2D eigenvalue weighted by Crippen LogP contribution is -2.06. The van der Waals surface area contributed by atoms with Crippen LogP contribution in [0.3, 0.4) is 0 Å². The van der Waals surface area contributed by atoms with E-state index in [1.54, 1.807) is 17.5 Å². The minimum absolute atomic E-state index is 0.320. The van der Waals surface area contributed by atoms with Gasteiger partial charge in [-0.2, -0.15) is 0 Å². The average Bonchev–Trinajstić information content (AvgIpc) is 2.60. The van der Waals surface area contributed by atoms with Crippen LogP contribution in [-0.2, 0) is 0 Å². The molecule has 0 spiro atoms. The van der Waals surface area contributed by atoms with Gasteiger partial charge in [-0.1, -0.05) is 18.2 Å². The van der Waals surface area contributed by atoms with Gasteiger partial charge in [0.1, 0.15) is 6.10 Å². The van der Waals surface area contributed by atoms with Crippen molar-refractivity contribution in [3.8, 4) is 0 Å². The van der Waals surface area contributed by atoms with Crippen molar-refractivity contribution in [2.24, 2.45) is 0 Å². The van der Waals surface area contributed by atoms with E-state index in [0.717, 1.165) is 4.70 Å². The summed E-state index contributed by atoms with van der Waals surface area (Å²) in [5.41, 5.74) is 0.320. The van der Waals surface area contributed by atoms with Crippen molar-refractivity contribution in [3.63, 3.8) is 0 Å². The predicted molar refractivity (Wildman–Crippen MR) is 52.8 cm³/mol. The third-order valence-corrected chi connectivity index (χ3v) is 3.05. The van der Waals surface area contributed by atoms with E-state index in [2.05, 4.69) is 0 Å². The van der Waals surface area contributed by atoms with Gasteiger partial charge in [0.15, 0.2) is 0 Å². The zero-order valence-corrected chi connectivity index (χ0v) is 7.97. The van der Waals surface area contributed by atoms with Crippen molar-refractivity contribution >= 4 is 21.4 Å². The van der Waals surface area contributed by atoms with Gasteiger partial charge >= 0.3 is 0 Å². The molecule has 1 nitrogen and oxygen atoms in total. The first kappa shape index (κ1) is 9.55. The van der Waals surface area contributed by atoms with Gasteiger partial charge in [-0.05, 0) is 16.8 Å². The molecule has 0 bridgehead atoms. The Bertz CT molecular complexity index is 438. The summed E-state index contributed by atoms with van der Waals surface area (Å²) in [5, 5.41) is 11.5. The summed E-state index contributed by atoms with van der Waals surface area (Å²) in [5.74, 6) is 0. The van der Waals surface area contributed by atoms with E-state index in [0.29, 0.717) is 10.9 Å². The van der Waals surface area contributed by atoms with E-state index < -0.39 is 12.5 Å². The number of alkyl halides is 2. The van der Waals surface area contributed by atoms with Crippen LogP contribution in [0.25, 0.3) is 10.1 Å². The molecule has 0 aliphatic heterocycles. The molecule has 1 heterocycles. The summed E-state index contributed by atoms with van der Waals surface area (Å²) in [7, 11) is 0. The Morgan fingerprint density at radius 2 is 1.93 bits per heavy atom. The number of benzene rings is 1. The maximum atomic E-state index is 12.3. The Morgan fingerprint density at radius 1 is 1.21 bits per heavy atom. The second-order valence-electron chi connectivity index (χ2n) is 2.97. The molecule has 4 heteroatoms. The molecule has 0 saturated carbocycles. The highest BCUT2D eigenvalue weighted by Crippen LogP contribution is 2.32. The Labute approximate surface area is 83.6 Å². The first-order valence-electron chi connectivity index (χ1n) is 4.12. The molecule has 0 radical (unpaired) electrons. The van der Waals surface area contributed by atoms with Crippen molar-refractivity contribution in [2.45, 2.75) is 12.5 Å². The summed E-state index contributed by atoms with van der Waals surface area (Å²) < 4.78 is 25.5. The zero-order chi connectivity index (χ0) is 10.1. The summed E-state index contributed by atoms with van der Waals surface area (Å²) in [6.45, 7) is 0. The fourth-order valence-corrected chi connectivity index (χ4v) is 2.35. The molecule has 1 unspecified atom stereocenters. The fourth-order valence-electron chi connectivity index (χ4n) is 1.36. The second kappa shape index (κ2) is 3.63. The fraction of sp³-hybridized carbons (Fsp3) is 0.200. The highest BCUT2D eigenvalue weighted by atomic mass is 32.1. The largest absolute Gasteiger partial charge is 0.382 e. The molecule has 0 saturated heterocycles. The molecule has 74 valence electrons. The monoisotopic (exact) mass is 214 g/mol. The molecular formula is C10H8F2OS. The Balaban J connectivity index is 2.53. The summed E-state index contributed by atoms with van der Waals surface area (Å²) >= 11 is 1.37. The Hall–Kier alpha value is -1.00. The van der Waals surface area contributed by atoms with Crippen LogP contribution in [0.15, 0.2) is 29.6 Å². The highest BCUT2D eigenvalue weighted by Gasteiger charge is 2.21. The number of aliphatic hydroxyl groups excluding tert-OH is 1. The lowest BCUT2D eigenvalue weighted by atomic mass is 10.1. The van der Waals surface area contributed by atoms with Gasteiger partial charge < -0.3 is 5.11 Å². The second-order valence-corrected chi connectivity index (χ2v) is 3.88. The minimum atomic E-state index is -2.73. The molecule has 1 aromatic heterocycles. The highest BCUT2D eigenvalue weighted by molar-refractivity contribution is 7.17. The summed E-state index contributed by atoms with van der Waals surface area (Å²) in [6, 6.07) is 7.21. The van der Waals surface area contributed by atoms with E-state index in [4.69, 9.17) is 0 Å². The first-order chi connectivity index (χ1) is 6.70. The molecule has 1 aromatic carbocycles. The predicted octanol–water partition coefficient (Wildman–Crippen LogP) is 3.20. The van der Waals surface area contributed by atoms with Gasteiger partial charge in [-0.25, -0.2) is 8.78 Å². The molecule has 0 aliphatic carbocycles. The third-order valence-electron chi connectivity index (χ3n) is 2.07. The standard InChI is InChI=1S/C10H8F2OS/c11-10(12)9(13)7-5-14-8-4-2-1-3-6(7)8/h1-5,9-10,13H. The summed E-state index contributed by atoms with van der Waals surface area (Å²) in [6.07, 6.45) is -4.40. The van der Waals surface area contributed by atoms with E-state index >= 15 is 0 Å². The van der Waals surface area contributed by atoms with Crippen molar-refractivity contribution in [3.05, 3.63) is 35.2 Å². The Kier molecular flexibility index (Phi) is 2.48. The number of hydrogen-bond donors (Lipinski definition) is 1.